The lowest BCUT2D eigenvalue weighted by Gasteiger charge is -2.41. The number of carbonyl (C=O) groups is 4. The number of rotatable bonds is 4. The Morgan fingerprint density at radius 3 is 2.51 bits per heavy atom. The molecule has 0 aliphatic carbocycles. The summed E-state index contributed by atoms with van der Waals surface area (Å²) in [6, 6.07) is 4.41. The summed E-state index contributed by atoms with van der Waals surface area (Å²) in [6.07, 6.45) is -4.97. The number of nitrogens with one attached hydrogen (secondary N) is 2. The van der Waals surface area contributed by atoms with Crippen molar-refractivity contribution in [2.45, 2.75) is 57.3 Å². The van der Waals surface area contributed by atoms with Gasteiger partial charge in [0.25, 0.3) is 0 Å². The van der Waals surface area contributed by atoms with Gasteiger partial charge in [0.2, 0.25) is 17.7 Å². The van der Waals surface area contributed by atoms with E-state index in [1.54, 1.807) is 45.0 Å². The third kappa shape index (κ3) is 7.17. The van der Waals surface area contributed by atoms with Crippen molar-refractivity contribution < 1.29 is 37.1 Å². The predicted octanol–water partition coefficient (Wildman–Crippen LogP) is 2.63. The Bertz CT molecular complexity index is 992. The lowest BCUT2D eigenvalue weighted by Crippen LogP contribution is -2.61. The summed E-state index contributed by atoms with van der Waals surface area (Å²) >= 11 is 0. The molecular weight excluding hydrogens is 469 g/mol. The van der Waals surface area contributed by atoms with Crippen LogP contribution in [0.5, 0.6) is 0 Å². The van der Waals surface area contributed by atoms with Crippen molar-refractivity contribution in [1.29, 1.82) is 0 Å². The van der Waals surface area contributed by atoms with Crippen LogP contribution in [0.1, 0.15) is 45.1 Å². The predicted molar refractivity (Wildman–Crippen MR) is 119 cm³/mol. The Hall–Kier alpha value is -3.15. The summed E-state index contributed by atoms with van der Waals surface area (Å²) in [5.41, 5.74) is 0.0737. The van der Waals surface area contributed by atoms with Crippen LogP contribution in [-0.4, -0.2) is 77.6 Å². The first kappa shape index (κ1) is 26.5. The number of nitrogens with zero attached hydrogens (tertiary/aromatic N) is 2. The molecule has 0 aromatic heterocycles. The number of piperidine rings is 1. The van der Waals surface area contributed by atoms with Crippen molar-refractivity contribution in [3.05, 3.63) is 29.8 Å². The molecule has 2 saturated heterocycles. The molecular formula is C23H29F3N4O5. The normalized spacial score (nSPS) is 21.9. The van der Waals surface area contributed by atoms with E-state index in [4.69, 9.17) is 4.74 Å². The van der Waals surface area contributed by atoms with E-state index in [1.807, 2.05) is 0 Å². The molecule has 9 nitrogen and oxygen atoms in total. The minimum atomic E-state index is -4.66. The van der Waals surface area contributed by atoms with Gasteiger partial charge >= 0.3 is 12.3 Å². The summed E-state index contributed by atoms with van der Waals surface area (Å²) in [6.45, 7) is 3.53. The van der Waals surface area contributed by atoms with Gasteiger partial charge in [-0.2, -0.15) is 13.2 Å². The number of carbonyl (C=O) groups excluding carboxylic acids is 4. The third-order valence-corrected chi connectivity index (χ3v) is 5.68. The molecule has 0 bridgehead atoms. The van der Waals surface area contributed by atoms with E-state index in [0.29, 0.717) is 17.7 Å². The first-order valence-electron chi connectivity index (χ1n) is 11.2. The number of hydrogen-bond acceptors (Lipinski definition) is 6. The maximum absolute atomic E-state index is 13.8. The minimum absolute atomic E-state index is 0.0141. The maximum atomic E-state index is 13.8. The average molecular weight is 499 g/mol. The molecule has 1 aromatic rings. The van der Waals surface area contributed by atoms with Crippen molar-refractivity contribution in [2.24, 2.45) is 0 Å². The SMILES string of the molecule is CC(C)(C)OC(=O)N1CCN(CC(=O)Nc2cccc(C3CCC(=O)NC3=O)c2)[C@@H](C(F)(F)F)C1. The van der Waals surface area contributed by atoms with E-state index in [9.17, 15) is 32.3 Å². The first-order chi connectivity index (χ1) is 16.2. The Morgan fingerprint density at radius 2 is 1.89 bits per heavy atom. The van der Waals surface area contributed by atoms with Crippen molar-refractivity contribution in [1.82, 2.24) is 15.1 Å². The quantitative estimate of drug-likeness (QED) is 0.618. The van der Waals surface area contributed by atoms with E-state index in [2.05, 4.69) is 10.6 Å². The zero-order valence-corrected chi connectivity index (χ0v) is 19.8. The highest BCUT2D eigenvalue weighted by Crippen LogP contribution is 2.29. The number of anilines is 1. The summed E-state index contributed by atoms with van der Waals surface area (Å²) in [5.74, 6) is -1.99. The van der Waals surface area contributed by atoms with Gasteiger partial charge in [-0.3, -0.25) is 24.6 Å². The first-order valence-corrected chi connectivity index (χ1v) is 11.2. The number of benzene rings is 1. The topological polar surface area (TPSA) is 108 Å². The molecule has 2 heterocycles. The van der Waals surface area contributed by atoms with Crippen LogP contribution in [0, 0.1) is 0 Å². The number of halogens is 3. The van der Waals surface area contributed by atoms with Gasteiger partial charge in [-0.15, -0.1) is 0 Å². The van der Waals surface area contributed by atoms with E-state index >= 15 is 0 Å². The minimum Gasteiger partial charge on any atom is -0.444 e. The largest absolute Gasteiger partial charge is 0.444 e. The number of alkyl halides is 3. The van der Waals surface area contributed by atoms with E-state index < -0.39 is 54.7 Å². The number of amides is 4. The molecule has 1 unspecified atom stereocenters. The summed E-state index contributed by atoms with van der Waals surface area (Å²) in [5, 5.41) is 4.85. The molecule has 3 rings (SSSR count). The Kier molecular flexibility index (Phi) is 7.73. The lowest BCUT2D eigenvalue weighted by molar-refractivity contribution is -0.195. The molecule has 2 fully saturated rings. The van der Waals surface area contributed by atoms with Crippen LogP contribution >= 0.6 is 0 Å². The summed E-state index contributed by atoms with van der Waals surface area (Å²) < 4.78 is 46.4. The van der Waals surface area contributed by atoms with Crippen LogP contribution in [0.4, 0.5) is 23.7 Å². The molecule has 0 saturated carbocycles. The van der Waals surface area contributed by atoms with Crippen LogP contribution in [-0.2, 0) is 19.1 Å². The van der Waals surface area contributed by atoms with Crippen LogP contribution in [0.15, 0.2) is 24.3 Å². The highest BCUT2D eigenvalue weighted by Gasteiger charge is 2.48. The van der Waals surface area contributed by atoms with Crippen molar-refractivity contribution in [3.8, 4) is 0 Å². The zero-order valence-electron chi connectivity index (χ0n) is 19.8. The highest BCUT2D eigenvalue weighted by molar-refractivity contribution is 6.01. The van der Waals surface area contributed by atoms with Crippen molar-refractivity contribution in [2.75, 3.05) is 31.5 Å². The van der Waals surface area contributed by atoms with Crippen LogP contribution in [0.2, 0.25) is 0 Å². The molecule has 4 amide bonds. The maximum Gasteiger partial charge on any atom is 0.410 e. The second-order valence-corrected chi connectivity index (χ2v) is 9.63. The molecule has 1 aromatic carbocycles. The van der Waals surface area contributed by atoms with E-state index in [1.165, 1.54) is 0 Å². The molecule has 192 valence electrons. The second-order valence-electron chi connectivity index (χ2n) is 9.63. The Labute approximate surface area is 200 Å². The Morgan fingerprint density at radius 1 is 1.17 bits per heavy atom. The Balaban J connectivity index is 1.64. The molecule has 0 spiro atoms. The standard InChI is InChI=1S/C23H29F3N4O5/c1-22(2,3)35-21(34)30-10-9-29(17(12-30)23(24,25)26)13-19(32)27-15-6-4-5-14(11-15)16-7-8-18(31)28-20(16)33/h4-6,11,16-17H,7-10,12-13H2,1-3H3,(H,27,32)(H,28,31,33)/t16?,17-/m1/s1. The van der Waals surface area contributed by atoms with Gasteiger partial charge in [0, 0.05) is 31.7 Å². The monoisotopic (exact) mass is 498 g/mol. The number of imide groups is 1. The van der Waals surface area contributed by atoms with Gasteiger partial charge < -0.3 is 15.0 Å². The molecule has 2 atom stereocenters. The summed E-state index contributed by atoms with van der Waals surface area (Å²) in [4.78, 5) is 50.3. The second kappa shape index (κ2) is 10.2. The zero-order chi connectivity index (χ0) is 26.0. The van der Waals surface area contributed by atoms with Gasteiger partial charge in [0.15, 0.2) is 0 Å². The van der Waals surface area contributed by atoms with E-state index in [0.717, 1.165) is 9.80 Å². The molecule has 35 heavy (non-hydrogen) atoms. The fourth-order valence-electron chi connectivity index (χ4n) is 4.04. The van der Waals surface area contributed by atoms with Crippen LogP contribution in [0.3, 0.4) is 0 Å². The number of piperazine rings is 1. The molecule has 2 aliphatic rings. The van der Waals surface area contributed by atoms with Gasteiger partial charge in [0.05, 0.1) is 12.5 Å². The lowest BCUT2D eigenvalue weighted by atomic mass is 9.90. The van der Waals surface area contributed by atoms with Crippen molar-refractivity contribution >= 4 is 29.5 Å². The number of ether oxygens (including phenoxy) is 1. The van der Waals surface area contributed by atoms with Crippen LogP contribution in [0.25, 0.3) is 0 Å². The smallest absolute Gasteiger partial charge is 0.410 e. The van der Waals surface area contributed by atoms with E-state index in [-0.39, 0.29) is 25.4 Å². The fraction of sp³-hybridized carbons (Fsp3) is 0.565. The van der Waals surface area contributed by atoms with Gasteiger partial charge in [-0.25, -0.2) is 4.79 Å². The summed E-state index contributed by atoms with van der Waals surface area (Å²) in [7, 11) is 0. The number of hydrogen-bond donors (Lipinski definition) is 2. The van der Waals surface area contributed by atoms with Crippen LogP contribution < -0.4 is 10.6 Å². The van der Waals surface area contributed by atoms with Gasteiger partial charge in [-0.05, 0) is 44.9 Å². The fourth-order valence-corrected chi connectivity index (χ4v) is 4.04. The molecule has 2 aliphatic heterocycles. The third-order valence-electron chi connectivity index (χ3n) is 5.68. The van der Waals surface area contributed by atoms with Gasteiger partial charge in [0.1, 0.15) is 11.6 Å². The van der Waals surface area contributed by atoms with Gasteiger partial charge in [-0.1, -0.05) is 12.1 Å². The van der Waals surface area contributed by atoms with Crippen molar-refractivity contribution in [3.63, 3.8) is 0 Å². The molecule has 2 N–H and O–H groups in total. The molecule has 12 heteroatoms. The average Bonchev–Trinajstić information content (AvgIpc) is 2.72. The highest BCUT2D eigenvalue weighted by atomic mass is 19.4. The molecule has 0 radical (unpaired) electrons.